The lowest BCUT2D eigenvalue weighted by Gasteiger charge is -2.08. The Bertz CT molecular complexity index is 840. The summed E-state index contributed by atoms with van der Waals surface area (Å²) in [7, 11) is 0. The zero-order valence-corrected chi connectivity index (χ0v) is 14.5. The van der Waals surface area contributed by atoms with E-state index in [-0.39, 0.29) is 5.91 Å². The van der Waals surface area contributed by atoms with Crippen molar-refractivity contribution in [3.63, 3.8) is 0 Å². The van der Waals surface area contributed by atoms with E-state index in [1.807, 2.05) is 31.2 Å². The summed E-state index contributed by atoms with van der Waals surface area (Å²) >= 11 is 9.21. The fourth-order valence-electron chi connectivity index (χ4n) is 2.16. The third-order valence-corrected chi connectivity index (χ3v) is 4.03. The predicted molar refractivity (Wildman–Crippen MR) is 92.1 cm³/mol. The summed E-state index contributed by atoms with van der Waals surface area (Å²) in [6, 6.07) is 7.32. The van der Waals surface area contributed by atoms with Crippen molar-refractivity contribution in [2.75, 3.05) is 5.32 Å². The number of amides is 1. The summed E-state index contributed by atoms with van der Waals surface area (Å²) in [5.41, 5.74) is 2.04. The van der Waals surface area contributed by atoms with Crippen molar-refractivity contribution < 1.29 is 4.79 Å². The van der Waals surface area contributed by atoms with Gasteiger partial charge in [-0.25, -0.2) is 4.68 Å². The van der Waals surface area contributed by atoms with Crippen LogP contribution in [0.2, 0.25) is 5.02 Å². The van der Waals surface area contributed by atoms with Crippen molar-refractivity contribution >= 4 is 39.1 Å². The quantitative estimate of drug-likeness (QED) is 0.733. The summed E-state index contributed by atoms with van der Waals surface area (Å²) in [6.07, 6.45) is 4.90. The van der Waals surface area contributed by atoms with Gasteiger partial charge in [-0.05, 0) is 47.1 Å². The Morgan fingerprint density at radius 3 is 2.61 bits per heavy atom. The molecule has 1 aromatic carbocycles. The topological polar surface area (TPSA) is 64.7 Å². The molecule has 0 atom stereocenters. The maximum Gasteiger partial charge on any atom is 0.275 e. The van der Waals surface area contributed by atoms with Gasteiger partial charge in [-0.15, -0.1) is 0 Å². The minimum atomic E-state index is -0.217. The number of carbonyl (C=O) groups excluding carboxylic acids is 1. The molecule has 0 saturated heterocycles. The first-order chi connectivity index (χ1) is 11.1. The number of hydrogen-bond donors (Lipinski definition) is 1. The molecule has 8 heteroatoms. The van der Waals surface area contributed by atoms with E-state index in [9.17, 15) is 4.79 Å². The first-order valence-electron chi connectivity index (χ1n) is 6.91. The molecule has 118 valence electrons. The van der Waals surface area contributed by atoms with Gasteiger partial charge in [-0.1, -0.05) is 11.6 Å². The number of nitrogens with one attached hydrogen (secondary N) is 1. The number of nitrogens with zero attached hydrogens (tertiary/aromatic N) is 4. The first kappa shape index (κ1) is 15.8. The van der Waals surface area contributed by atoms with E-state index < -0.39 is 0 Å². The average molecular weight is 395 g/mol. The van der Waals surface area contributed by atoms with Gasteiger partial charge < -0.3 is 5.32 Å². The van der Waals surface area contributed by atoms with E-state index in [0.29, 0.717) is 27.4 Å². The third kappa shape index (κ3) is 3.30. The minimum Gasteiger partial charge on any atom is -0.321 e. The van der Waals surface area contributed by atoms with E-state index in [1.165, 1.54) is 0 Å². The van der Waals surface area contributed by atoms with Crippen LogP contribution in [0, 0.1) is 0 Å². The molecule has 0 unspecified atom stereocenters. The Balaban J connectivity index is 1.78. The van der Waals surface area contributed by atoms with Gasteiger partial charge in [0, 0.05) is 18.4 Å². The van der Waals surface area contributed by atoms with Gasteiger partial charge in [0.25, 0.3) is 5.91 Å². The molecule has 1 amide bonds. The van der Waals surface area contributed by atoms with Crippen LogP contribution in [0.25, 0.3) is 5.69 Å². The predicted octanol–water partition coefficient (Wildman–Crippen LogP) is 3.76. The lowest BCUT2D eigenvalue weighted by atomic mass is 10.2. The summed E-state index contributed by atoms with van der Waals surface area (Å²) in [5.74, 6) is -0.217. The number of rotatable bonds is 4. The fraction of sp³-hybridized carbons (Fsp3) is 0.133. The zero-order chi connectivity index (χ0) is 16.4. The molecule has 2 heterocycles. The van der Waals surface area contributed by atoms with E-state index in [1.54, 1.807) is 28.0 Å². The molecule has 0 fully saturated rings. The highest BCUT2D eigenvalue weighted by molar-refractivity contribution is 9.10. The molecule has 3 rings (SSSR count). The van der Waals surface area contributed by atoms with Gasteiger partial charge in [0.2, 0.25) is 0 Å². The highest BCUT2D eigenvalue weighted by Crippen LogP contribution is 2.19. The molecular formula is C15H13BrClN5O. The van der Waals surface area contributed by atoms with E-state index in [0.717, 1.165) is 5.69 Å². The second kappa shape index (κ2) is 6.55. The van der Waals surface area contributed by atoms with Crippen LogP contribution >= 0.6 is 27.5 Å². The van der Waals surface area contributed by atoms with Crippen LogP contribution in [0.5, 0.6) is 0 Å². The number of aromatic nitrogens is 4. The molecule has 0 spiro atoms. The summed E-state index contributed by atoms with van der Waals surface area (Å²) in [5, 5.41) is 11.7. The Morgan fingerprint density at radius 1 is 1.26 bits per heavy atom. The van der Waals surface area contributed by atoms with Gasteiger partial charge in [0.05, 0.1) is 27.6 Å². The van der Waals surface area contributed by atoms with Crippen molar-refractivity contribution in [2.45, 2.75) is 13.5 Å². The van der Waals surface area contributed by atoms with Gasteiger partial charge >= 0.3 is 0 Å². The van der Waals surface area contributed by atoms with Crippen LogP contribution in [0.15, 0.2) is 47.3 Å². The van der Waals surface area contributed by atoms with Crippen molar-refractivity contribution in [2.24, 2.45) is 0 Å². The lowest BCUT2D eigenvalue weighted by Crippen LogP contribution is -2.18. The van der Waals surface area contributed by atoms with E-state index in [4.69, 9.17) is 11.6 Å². The number of benzene rings is 1. The number of halogens is 2. The Kier molecular flexibility index (Phi) is 4.49. The van der Waals surface area contributed by atoms with Crippen molar-refractivity contribution in [3.8, 4) is 5.69 Å². The molecule has 0 aliphatic rings. The molecule has 0 saturated carbocycles. The SMILES string of the molecule is CCn1ncc(Br)c1C(=O)Nc1ccc(-n2cc(Cl)cn2)cc1. The number of aryl methyl sites for hydroxylation is 1. The molecule has 1 N–H and O–H groups in total. The lowest BCUT2D eigenvalue weighted by molar-refractivity contribution is 0.101. The smallest absolute Gasteiger partial charge is 0.275 e. The van der Waals surface area contributed by atoms with E-state index in [2.05, 4.69) is 31.4 Å². The van der Waals surface area contributed by atoms with Gasteiger partial charge in [0.1, 0.15) is 5.69 Å². The largest absolute Gasteiger partial charge is 0.321 e. The number of carbonyl (C=O) groups is 1. The van der Waals surface area contributed by atoms with Crippen LogP contribution in [-0.4, -0.2) is 25.5 Å². The molecule has 0 bridgehead atoms. The van der Waals surface area contributed by atoms with Gasteiger partial charge in [-0.3, -0.25) is 9.48 Å². The number of hydrogen-bond acceptors (Lipinski definition) is 3. The monoisotopic (exact) mass is 393 g/mol. The minimum absolute atomic E-state index is 0.217. The molecule has 23 heavy (non-hydrogen) atoms. The normalized spacial score (nSPS) is 10.7. The number of anilines is 1. The second-order valence-electron chi connectivity index (χ2n) is 4.76. The molecule has 3 aromatic rings. The maximum absolute atomic E-state index is 12.4. The average Bonchev–Trinajstić information content (AvgIpc) is 3.13. The van der Waals surface area contributed by atoms with Gasteiger partial charge in [-0.2, -0.15) is 10.2 Å². The standard InChI is InChI=1S/C15H13BrClN5O/c1-2-21-14(13(16)8-19-21)15(23)20-11-3-5-12(6-4-11)22-9-10(17)7-18-22/h3-9H,2H2,1H3,(H,20,23). The Hall–Kier alpha value is -2.12. The second-order valence-corrected chi connectivity index (χ2v) is 6.05. The van der Waals surface area contributed by atoms with Crippen LogP contribution in [0.1, 0.15) is 17.4 Å². The van der Waals surface area contributed by atoms with E-state index >= 15 is 0 Å². The molecule has 6 nitrogen and oxygen atoms in total. The fourth-order valence-corrected chi connectivity index (χ4v) is 2.77. The summed E-state index contributed by atoms with van der Waals surface area (Å²) in [4.78, 5) is 12.4. The Morgan fingerprint density at radius 2 is 2.00 bits per heavy atom. The van der Waals surface area contributed by atoms with Crippen molar-refractivity contribution in [1.82, 2.24) is 19.6 Å². The van der Waals surface area contributed by atoms with Crippen LogP contribution < -0.4 is 5.32 Å². The Labute approximate surface area is 146 Å². The van der Waals surface area contributed by atoms with Crippen molar-refractivity contribution in [3.05, 3.63) is 58.0 Å². The summed E-state index contributed by atoms with van der Waals surface area (Å²) in [6.45, 7) is 2.55. The van der Waals surface area contributed by atoms with Crippen LogP contribution in [-0.2, 0) is 6.54 Å². The highest BCUT2D eigenvalue weighted by Gasteiger charge is 2.16. The molecule has 2 aromatic heterocycles. The molecule has 0 aliphatic heterocycles. The van der Waals surface area contributed by atoms with Crippen LogP contribution in [0.4, 0.5) is 5.69 Å². The van der Waals surface area contributed by atoms with Gasteiger partial charge in [0.15, 0.2) is 0 Å². The summed E-state index contributed by atoms with van der Waals surface area (Å²) < 4.78 is 3.97. The molecule has 0 aliphatic carbocycles. The van der Waals surface area contributed by atoms with Crippen LogP contribution in [0.3, 0.4) is 0 Å². The molecule has 0 radical (unpaired) electrons. The third-order valence-electron chi connectivity index (χ3n) is 3.25. The molecular weight excluding hydrogens is 382 g/mol. The first-order valence-corrected chi connectivity index (χ1v) is 8.09. The highest BCUT2D eigenvalue weighted by atomic mass is 79.9. The van der Waals surface area contributed by atoms with Crippen molar-refractivity contribution in [1.29, 1.82) is 0 Å². The zero-order valence-electron chi connectivity index (χ0n) is 12.2. The maximum atomic E-state index is 12.4.